The SMILES string of the molecule is CC1=C(c2ccc(CNC(=O)C3CC(O)CN3C(=O)C(NC(=O)CCCCCOCCOCCOCCCCCCOc3ccc([C@@H](C)NC(=O)c4cccc(NC5(c6nnc(-c7ccncc7)[nH]6)CCN(C)CC5)c4)cc3)C(C)(C)C)cc2)BC=N1. The van der Waals surface area contributed by atoms with Crippen molar-refractivity contribution < 1.29 is 43.2 Å². The Bertz CT molecular complexity index is 3050. The van der Waals surface area contributed by atoms with Gasteiger partial charge in [0.2, 0.25) is 25.0 Å². The van der Waals surface area contributed by atoms with E-state index in [9.17, 15) is 24.3 Å². The molecule has 4 atom stereocenters. The topological polar surface area (TPSA) is 247 Å². The number of aromatic amines is 1. The Morgan fingerprint density at radius 1 is 0.793 bits per heavy atom. The third-order valence-electron chi connectivity index (χ3n) is 16.4. The van der Waals surface area contributed by atoms with Gasteiger partial charge in [0.05, 0.1) is 50.7 Å². The summed E-state index contributed by atoms with van der Waals surface area (Å²) in [6, 6.07) is 25.4. The molecule has 5 heterocycles. The highest BCUT2D eigenvalue weighted by molar-refractivity contribution is 6.85. The molecule has 0 spiro atoms. The molecule has 466 valence electrons. The van der Waals surface area contributed by atoms with Crippen LogP contribution in [0.5, 0.6) is 5.75 Å². The van der Waals surface area contributed by atoms with Gasteiger partial charge >= 0.3 is 0 Å². The van der Waals surface area contributed by atoms with Crippen LogP contribution in [0, 0.1) is 5.41 Å². The molecule has 3 unspecified atom stereocenters. The van der Waals surface area contributed by atoms with E-state index in [2.05, 4.69) is 58.4 Å². The Balaban J connectivity index is 0.616. The number of hydrogen-bond donors (Lipinski definition) is 6. The molecule has 3 aromatic carbocycles. The van der Waals surface area contributed by atoms with Crippen molar-refractivity contribution in [2.24, 2.45) is 10.4 Å². The van der Waals surface area contributed by atoms with Crippen LogP contribution in [0.1, 0.15) is 144 Å². The smallest absolute Gasteiger partial charge is 0.251 e. The van der Waals surface area contributed by atoms with Crippen LogP contribution < -0.4 is 26.0 Å². The number of hydrogen-bond acceptors (Lipinski definition) is 15. The Morgan fingerprint density at radius 2 is 1.46 bits per heavy atom. The van der Waals surface area contributed by atoms with E-state index in [0.29, 0.717) is 64.1 Å². The van der Waals surface area contributed by atoms with Crippen molar-refractivity contribution in [1.82, 2.24) is 45.9 Å². The van der Waals surface area contributed by atoms with Gasteiger partial charge in [-0.15, -0.1) is 10.2 Å². The molecular formula is C66H90BN11O9. The normalized spacial score (nSPS) is 17.4. The Labute approximate surface area is 513 Å². The number of ether oxygens (including phenoxy) is 4. The zero-order valence-electron chi connectivity index (χ0n) is 51.8. The number of anilines is 1. The molecular weight excluding hydrogens is 1100 g/mol. The Hall–Kier alpha value is -7.30. The van der Waals surface area contributed by atoms with Gasteiger partial charge in [-0.2, -0.15) is 0 Å². The van der Waals surface area contributed by atoms with Crippen LogP contribution in [0.3, 0.4) is 0 Å². The van der Waals surface area contributed by atoms with Crippen molar-refractivity contribution in [2.45, 2.75) is 142 Å². The molecule has 6 N–H and O–H groups in total. The van der Waals surface area contributed by atoms with Gasteiger partial charge in [0.25, 0.3) is 5.91 Å². The number of aromatic nitrogens is 4. The minimum atomic E-state index is -0.868. The second-order valence-electron chi connectivity index (χ2n) is 24.3. The van der Waals surface area contributed by atoms with E-state index in [-0.39, 0.29) is 55.6 Å². The number of benzene rings is 3. The van der Waals surface area contributed by atoms with Crippen LogP contribution in [0.4, 0.5) is 5.69 Å². The molecule has 2 saturated heterocycles. The summed E-state index contributed by atoms with van der Waals surface area (Å²) in [7, 11) is 2.93. The number of rotatable bonds is 33. The predicted molar refractivity (Wildman–Crippen MR) is 339 cm³/mol. The number of aliphatic hydroxyl groups excluding tert-OH is 1. The fraction of sp³-hybridized carbons (Fsp3) is 0.515. The lowest BCUT2D eigenvalue weighted by molar-refractivity contribution is -0.144. The molecule has 0 saturated carbocycles. The fourth-order valence-electron chi connectivity index (χ4n) is 11.1. The molecule has 20 nitrogen and oxygen atoms in total. The summed E-state index contributed by atoms with van der Waals surface area (Å²) in [4.78, 5) is 69.9. The van der Waals surface area contributed by atoms with Crippen molar-refractivity contribution in [2.75, 3.05) is 78.2 Å². The largest absolute Gasteiger partial charge is 0.494 e. The van der Waals surface area contributed by atoms with Crippen molar-refractivity contribution in [3.05, 3.63) is 131 Å². The number of carbonyl (C=O) groups excluding carboxylic acids is 4. The van der Waals surface area contributed by atoms with Gasteiger partial charge in [0, 0.05) is 87.1 Å². The summed E-state index contributed by atoms with van der Waals surface area (Å²) in [5.41, 5.74) is 6.41. The summed E-state index contributed by atoms with van der Waals surface area (Å²) in [6.07, 6.45) is 12.8. The lowest BCUT2D eigenvalue weighted by Gasteiger charge is -2.40. The molecule has 0 aliphatic carbocycles. The van der Waals surface area contributed by atoms with Gasteiger partial charge in [0.1, 0.15) is 17.8 Å². The van der Waals surface area contributed by atoms with Gasteiger partial charge in [-0.05, 0) is 142 Å². The van der Waals surface area contributed by atoms with E-state index in [1.807, 2.05) is 126 Å². The third kappa shape index (κ3) is 19.6. The predicted octanol–water partition coefficient (Wildman–Crippen LogP) is 7.92. The summed E-state index contributed by atoms with van der Waals surface area (Å²) in [5, 5.41) is 32.5. The molecule has 5 aromatic rings. The maximum atomic E-state index is 14.0. The maximum absolute atomic E-state index is 14.0. The van der Waals surface area contributed by atoms with E-state index in [1.54, 1.807) is 12.4 Å². The molecule has 2 fully saturated rings. The van der Waals surface area contributed by atoms with Gasteiger partial charge in [0.15, 0.2) is 11.6 Å². The van der Waals surface area contributed by atoms with E-state index in [0.717, 1.165) is 117 Å². The fourth-order valence-corrected chi connectivity index (χ4v) is 11.1. The maximum Gasteiger partial charge on any atom is 0.251 e. The number of amides is 4. The highest BCUT2D eigenvalue weighted by atomic mass is 16.5. The molecule has 3 aliphatic rings. The monoisotopic (exact) mass is 1190 g/mol. The molecule has 87 heavy (non-hydrogen) atoms. The number of carbonyl (C=O) groups is 4. The molecule has 4 amide bonds. The highest BCUT2D eigenvalue weighted by Crippen LogP contribution is 2.36. The van der Waals surface area contributed by atoms with Crippen molar-refractivity contribution in [3.63, 3.8) is 0 Å². The first-order valence-corrected chi connectivity index (χ1v) is 31.1. The zero-order valence-corrected chi connectivity index (χ0v) is 51.8. The Kier molecular flexibility index (Phi) is 24.6. The lowest BCUT2D eigenvalue weighted by Crippen LogP contribution is -2.57. The van der Waals surface area contributed by atoms with Gasteiger partial charge in [-0.3, -0.25) is 29.2 Å². The highest BCUT2D eigenvalue weighted by Gasteiger charge is 2.45. The average molecular weight is 1190 g/mol. The number of unbranched alkanes of at least 4 members (excludes halogenated alkanes) is 5. The molecule has 8 rings (SSSR count). The third-order valence-corrected chi connectivity index (χ3v) is 16.4. The second kappa shape index (κ2) is 32.6. The number of allylic oxidation sites excluding steroid dienone is 1. The summed E-state index contributed by atoms with van der Waals surface area (Å²) in [5.74, 6) is 1.17. The van der Waals surface area contributed by atoms with Crippen LogP contribution in [0.2, 0.25) is 0 Å². The standard InChI is InChI=1S/C66H90BN11O9/c1-46(71-61(81)52-15-14-16-53(41-52)74-66(28-32-77(6)33-29-66)64-73-60(75-76-64)51-26-30-68-31-27-51)49-22-24-55(25-23-49)87-36-13-8-7-11-34-84-37-39-86-40-38-85-35-12-9-10-17-57(80)72-59(65(3,4)5)63(83)78-44-54(79)42-56(78)62(82)69-43-48-18-20-50(21-19-48)58-47(2)70-45-67-58/h14-16,18-27,30-31,41,45-46,54,56,59,67,74,79H,7-13,17,28-29,32-40,42-44H2,1-6H3,(H,69,82)(H,71,81)(H,72,80)(H,73,75,76)/t46-,54?,56?,59?/m1/s1. The lowest BCUT2D eigenvalue weighted by atomic mass is 9.69. The first-order valence-electron chi connectivity index (χ1n) is 31.1. The van der Waals surface area contributed by atoms with E-state index in [1.165, 1.54) is 10.4 Å². The average Bonchev–Trinajstić information content (AvgIpc) is 2.09. The summed E-state index contributed by atoms with van der Waals surface area (Å²) < 4.78 is 23.2. The van der Waals surface area contributed by atoms with Gasteiger partial charge in [-0.25, -0.2) is 0 Å². The number of likely N-dealkylation sites (tertiary alicyclic amines) is 2. The van der Waals surface area contributed by atoms with Crippen molar-refractivity contribution in [1.29, 1.82) is 0 Å². The number of piperidine rings is 1. The molecule has 2 aromatic heterocycles. The summed E-state index contributed by atoms with van der Waals surface area (Å²) >= 11 is 0. The number of pyridine rings is 1. The first-order chi connectivity index (χ1) is 42.0. The van der Waals surface area contributed by atoms with E-state index >= 15 is 0 Å². The quantitative estimate of drug-likeness (QED) is 0.0173. The number of aliphatic hydroxyl groups is 1. The van der Waals surface area contributed by atoms with Crippen molar-refractivity contribution >= 4 is 48.2 Å². The number of nitrogens with zero attached hydrogens (tertiary/aromatic N) is 6. The van der Waals surface area contributed by atoms with Crippen LogP contribution in [0.15, 0.2) is 108 Å². The molecule has 0 bridgehead atoms. The molecule has 21 heteroatoms. The van der Waals surface area contributed by atoms with Crippen LogP contribution in [0.25, 0.3) is 16.9 Å². The van der Waals surface area contributed by atoms with Crippen LogP contribution in [-0.2, 0) is 40.7 Å². The first kappa shape index (κ1) is 65.7. The van der Waals surface area contributed by atoms with Crippen LogP contribution in [-0.4, -0.2) is 163 Å². The number of H-pyrrole nitrogens is 1. The zero-order chi connectivity index (χ0) is 61.6. The van der Waals surface area contributed by atoms with Gasteiger partial charge in [-0.1, -0.05) is 76.1 Å². The minimum absolute atomic E-state index is 0.0242. The second-order valence-corrected chi connectivity index (χ2v) is 24.3. The van der Waals surface area contributed by atoms with E-state index in [4.69, 9.17) is 18.9 Å². The number of β-amino-alcohol motifs (C(OH)–C–C–N with tert-alkyl or cyclic N) is 1. The Morgan fingerprint density at radius 3 is 2.13 bits per heavy atom. The minimum Gasteiger partial charge on any atom is -0.494 e. The van der Waals surface area contributed by atoms with Crippen LogP contribution >= 0.6 is 0 Å². The van der Waals surface area contributed by atoms with E-state index < -0.39 is 29.1 Å². The van der Waals surface area contributed by atoms with Gasteiger partial charge < -0.3 is 60.1 Å². The number of aliphatic imine (C=N–C) groups is 1. The summed E-state index contributed by atoms with van der Waals surface area (Å²) in [6.45, 7) is 15.5. The molecule has 0 radical (unpaired) electrons. The molecule has 3 aliphatic heterocycles. The van der Waals surface area contributed by atoms with Crippen molar-refractivity contribution in [3.8, 4) is 17.1 Å². The number of nitrogens with one attached hydrogen (secondary N) is 5.